The summed E-state index contributed by atoms with van der Waals surface area (Å²) in [5, 5.41) is 3.54. The van der Waals surface area contributed by atoms with Gasteiger partial charge in [0.15, 0.2) is 0 Å². The second kappa shape index (κ2) is 5.34. The predicted octanol–water partition coefficient (Wildman–Crippen LogP) is 4.05. The number of benzene rings is 1. The maximum Gasteiger partial charge on any atom is 0.123 e. The molecule has 0 aliphatic carbocycles. The van der Waals surface area contributed by atoms with Crippen LogP contribution < -0.4 is 5.32 Å². The Morgan fingerprint density at radius 3 is 2.65 bits per heavy atom. The molecule has 2 atom stereocenters. The first-order valence-electron chi connectivity index (χ1n) is 7.55. The fraction of sp³-hybridized carbons (Fsp3) is 0.647. The van der Waals surface area contributed by atoms with E-state index in [4.69, 9.17) is 0 Å². The topological polar surface area (TPSA) is 12.0 Å². The van der Waals surface area contributed by atoms with E-state index >= 15 is 0 Å². The standard InChI is InChI=1S/C17H24FNS/c1-16(2)10-17(12-20-11-16)7-8-19-9-15(17)13-3-5-14(18)6-4-13/h3-6,15,19H,7-12H2,1-2H3. The van der Waals surface area contributed by atoms with Gasteiger partial charge in [-0.3, -0.25) is 0 Å². The number of hydrogen-bond acceptors (Lipinski definition) is 2. The molecule has 1 nitrogen and oxygen atoms in total. The summed E-state index contributed by atoms with van der Waals surface area (Å²) in [6.07, 6.45) is 2.53. The largest absolute Gasteiger partial charge is 0.316 e. The maximum atomic E-state index is 13.2. The third-order valence-electron chi connectivity index (χ3n) is 4.87. The molecule has 0 bridgehead atoms. The van der Waals surface area contributed by atoms with Crippen LogP contribution in [0.3, 0.4) is 0 Å². The number of piperidine rings is 1. The molecule has 3 rings (SSSR count). The first-order chi connectivity index (χ1) is 9.51. The molecular weight excluding hydrogens is 269 g/mol. The minimum atomic E-state index is -0.134. The Kier molecular flexibility index (Phi) is 3.85. The highest BCUT2D eigenvalue weighted by Gasteiger charge is 2.47. The SMILES string of the molecule is CC1(C)CSCC2(CCNCC2c2ccc(F)cc2)C1. The number of halogens is 1. The monoisotopic (exact) mass is 293 g/mol. The van der Waals surface area contributed by atoms with Crippen molar-refractivity contribution >= 4 is 11.8 Å². The molecule has 2 aliphatic rings. The molecule has 2 heterocycles. The molecule has 2 fully saturated rings. The van der Waals surface area contributed by atoms with Gasteiger partial charge in [0.05, 0.1) is 0 Å². The second-order valence-electron chi connectivity index (χ2n) is 7.25. The summed E-state index contributed by atoms with van der Waals surface area (Å²) < 4.78 is 13.2. The van der Waals surface area contributed by atoms with Crippen LogP contribution in [0, 0.1) is 16.6 Å². The van der Waals surface area contributed by atoms with E-state index < -0.39 is 0 Å². The van der Waals surface area contributed by atoms with E-state index in [0.29, 0.717) is 16.7 Å². The fourth-order valence-corrected chi connectivity index (χ4v) is 5.72. The van der Waals surface area contributed by atoms with Gasteiger partial charge in [-0.25, -0.2) is 4.39 Å². The quantitative estimate of drug-likeness (QED) is 0.838. The van der Waals surface area contributed by atoms with Crippen LogP contribution >= 0.6 is 11.8 Å². The summed E-state index contributed by atoms with van der Waals surface area (Å²) in [4.78, 5) is 0. The molecule has 110 valence electrons. The van der Waals surface area contributed by atoms with Gasteiger partial charge < -0.3 is 5.32 Å². The molecule has 3 heteroatoms. The highest BCUT2D eigenvalue weighted by atomic mass is 32.2. The second-order valence-corrected chi connectivity index (χ2v) is 8.24. The lowest BCUT2D eigenvalue weighted by Gasteiger charge is -2.51. The highest BCUT2D eigenvalue weighted by Crippen LogP contribution is 2.54. The predicted molar refractivity (Wildman–Crippen MR) is 84.8 cm³/mol. The average Bonchev–Trinajstić information content (AvgIpc) is 2.39. The van der Waals surface area contributed by atoms with Crippen molar-refractivity contribution < 1.29 is 4.39 Å². The van der Waals surface area contributed by atoms with Crippen LogP contribution in [0.15, 0.2) is 24.3 Å². The molecule has 1 aromatic carbocycles. The van der Waals surface area contributed by atoms with Gasteiger partial charge in [0.2, 0.25) is 0 Å². The van der Waals surface area contributed by atoms with Gasteiger partial charge in [-0.2, -0.15) is 11.8 Å². The third-order valence-corrected chi connectivity index (χ3v) is 6.64. The summed E-state index contributed by atoms with van der Waals surface area (Å²) >= 11 is 2.11. The molecule has 0 aromatic heterocycles. The van der Waals surface area contributed by atoms with Crippen molar-refractivity contribution in [1.82, 2.24) is 5.32 Å². The van der Waals surface area contributed by atoms with Crippen molar-refractivity contribution in [2.75, 3.05) is 24.6 Å². The first kappa shape index (κ1) is 14.4. The van der Waals surface area contributed by atoms with Gasteiger partial charge in [0.25, 0.3) is 0 Å². The van der Waals surface area contributed by atoms with E-state index in [1.807, 2.05) is 12.1 Å². The summed E-state index contributed by atoms with van der Waals surface area (Å²) in [5.41, 5.74) is 2.10. The first-order valence-corrected chi connectivity index (χ1v) is 8.70. The zero-order valence-corrected chi connectivity index (χ0v) is 13.2. The molecule has 2 unspecified atom stereocenters. The van der Waals surface area contributed by atoms with Gasteiger partial charge in [0, 0.05) is 12.5 Å². The summed E-state index contributed by atoms with van der Waals surface area (Å²) in [5.74, 6) is 2.90. The van der Waals surface area contributed by atoms with Crippen LogP contribution in [0.5, 0.6) is 0 Å². The minimum absolute atomic E-state index is 0.134. The van der Waals surface area contributed by atoms with Crippen LogP contribution in [0.4, 0.5) is 4.39 Å². The van der Waals surface area contributed by atoms with E-state index in [-0.39, 0.29) is 5.82 Å². The zero-order chi connectivity index (χ0) is 14.2. The zero-order valence-electron chi connectivity index (χ0n) is 12.4. The molecule has 2 saturated heterocycles. The molecule has 20 heavy (non-hydrogen) atoms. The number of hydrogen-bond donors (Lipinski definition) is 1. The lowest BCUT2D eigenvalue weighted by atomic mass is 9.62. The number of rotatable bonds is 1. The van der Waals surface area contributed by atoms with Crippen LogP contribution in [0.25, 0.3) is 0 Å². The fourth-order valence-electron chi connectivity index (χ4n) is 4.11. The van der Waals surface area contributed by atoms with Crippen LogP contribution in [0.1, 0.15) is 38.2 Å². The molecule has 1 N–H and O–H groups in total. The molecule has 0 saturated carbocycles. The molecule has 0 amide bonds. The Hall–Kier alpha value is -0.540. The van der Waals surface area contributed by atoms with Crippen LogP contribution in [-0.4, -0.2) is 24.6 Å². The lowest BCUT2D eigenvalue weighted by Crippen LogP contribution is -2.49. The van der Waals surface area contributed by atoms with Crippen LogP contribution in [-0.2, 0) is 0 Å². The van der Waals surface area contributed by atoms with Crippen molar-refractivity contribution in [2.45, 2.75) is 32.6 Å². The van der Waals surface area contributed by atoms with E-state index in [2.05, 4.69) is 30.9 Å². The minimum Gasteiger partial charge on any atom is -0.316 e. The van der Waals surface area contributed by atoms with Crippen molar-refractivity contribution in [3.63, 3.8) is 0 Å². The molecule has 1 spiro atoms. The van der Waals surface area contributed by atoms with Crippen molar-refractivity contribution in [2.24, 2.45) is 10.8 Å². The Morgan fingerprint density at radius 1 is 1.20 bits per heavy atom. The van der Waals surface area contributed by atoms with Gasteiger partial charge in [0.1, 0.15) is 5.82 Å². The third kappa shape index (κ3) is 2.75. The number of thioether (sulfide) groups is 1. The smallest absolute Gasteiger partial charge is 0.123 e. The average molecular weight is 293 g/mol. The molecule has 1 aromatic rings. The Morgan fingerprint density at radius 2 is 1.95 bits per heavy atom. The van der Waals surface area contributed by atoms with E-state index in [1.165, 1.54) is 29.9 Å². The Labute approximate surface area is 125 Å². The van der Waals surface area contributed by atoms with E-state index in [0.717, 1.165) is 13.1 Å². The molecular formula is C17H24FNS. The van der Waals surface area contributed by atoms with Gasteiger partial charge in [-0.05, 0) is 59.4 Å². The Balaban J connectivity index is 1.92. The van der Waals surface area contributed by atoms with E-state index in [1.54, 1.807) is 12.1 Å². The van der Waals surface area contributed by atoms with Crippen molar-refractivity contribution in [3.8, 4) is 0 Å². The van der Waals surface area contributed by atoms with Crippen molar-refractivity contribution in [3.05, 3.63) is 35.6 Å². The lowest BCUT2D eigenvalue weighted by molar-refractivity contribution is 0.115. The molecule has 2 aliphatic heterocycles. The summed E-state index contributed by atoms with van der Waals surface area (Å²) in [6, 6.07) is 7.19. The van der Waals surface area contributed by atoms with Crippen LogP contribution in [0.2, 0.25) is 0 Å². The van der Waals surface area contributed by atoms with Crippen molar-refractivity contribution in [1.29, 1.82) is 0 Å². The highest BCUT2D eigenvalue weighted by molar-refractivity contribution is 7.99. The normalized spacial score (nSPS) is 33.2. The number of nitrogens with one attached hydrogen (secondary N) is 1. The van der Waals surface area contributed by atoms with Gasteiger partial charge >= 0.3 is 0 Å². The molecule has 0 radical (unpaired) electrons. The summed E-state index contributed by atoms with van der Waals surface area (Å²) in [7, 11) is 0. The Bertz CT molecular complexity index is 466. The maximum absolute atomic E-state index is 13.2. The van der Waals surface area contributed by atoms with Gasteiger partial charge in [-0.1, -0.05) is 26.0 Å². The van der Waals surface area contributed by atoms with Gasteiger partial charge in [-0.15, -0.1) is 0 Å². The van der Waals surface area contributed by atoms with E-state index in [9.17, 15) is 4.39 Å². The summed E-state index contributed by atoms with van der Waals surface area (Å²) in [6.45, 7) is 6.94.